The van der Waals surface area contributed by atoms with Gasteiger partial charge in [-0.2, -0.15) is 0 Å². The zero-order chi connectivity index (χ0) is 7.56. The van der Waals surface area contributed by atoms with E-state index in [-0.39, 0.29) is 5.91 Å². The third-order valence-corrected chi connectivity index (χ3v) is 2.33. The smallest absolute Gasteiger partial charge is 0.222 e. The quantitative estimate of drug-likeness (QED) is 0.558. The number of hydrogen-bond donors (Lipinski definition) is 0. The van der Waals surface area contributed by atoms with Crippen molar-refractivity contribution in [3.63, 3.8) is 0 Å². The summed E-state index contributed by atoms with van der Waals surface area (Å²) in [6, 6.07) is 0.305. The van der Waals surface area contributed by atoms with E-state index in [4.69, 9.17) is 11.6 Å². The lowest BCUT2D eigenvalue weighted by Crippen LogP contribution is -2.33. The second-order valence-corrected chi connectivity index (χ2v) is 2.84. The Balaban J connectivity index is 2.54. The first-order valence-corrected chi connectivity index (χ1v) is 4.18. The van der Waals surface area contributed by atoms with Gasteiger partial charge in [-0.25, -0.2) is 0 Å². The molecule has 0 aliphatic carbocycles. The number of nitrogens with zero attached hydrogens (tertiary/aromatic N) is 1. The van der Waals surface area contributed by atoms with E-state index in [9.17, 15) is 4.79 Å². The Hall–Kier alpha value is -0.240. The number of carbonyl (C=O) groups is 1. The molecule has 2 nitrogen and oxygen atoms in total. The van der Waals surface area contributed by atoms with Gasteiger partial charge in [-0.05, 0) is 13.3 Å². The molecule has 3 heteroatoms. The maximum atomic E-state index is 11.0. The van der Waals surface area contributed by atoms with E-state index in [0.29, 0.717) is 18.3 Å². The van der Waals surface area contributed by atoms with Gasteiger partial charge >= 0.3 is 0 Å². The third kappa shape index (κ3) is 1.26. The molecule has 1 aliphatic heterocycles. The van der Waals surface area contributed by atoms with Crippen LogP contribution in [0.3, 0.4) is 0 Å². The Kier molecular flexibility index (Phi) is 2.55. The van der Waals surface area contributed by atoms with Gasteiger partial charge in [0.2, 0.25) is 5.91 Å². The molecule has 1 fully saturated rings. The monoisotopic (exact) mass is 161 g/mol. The molecule has 58 valence electrons. The van der Waals surface area contributed by atoms with Gasteiger partial charge in [-0.3, -0.25) is 4.79 Å². The fourth-order valence-corrected chi connectivity index (χ4v) is 1.71. The third-order valence-electron chi connectivity index (χ3n) is 1.97. The molecule has 0 radical (unpaired) electrons. The number of alkyl halides is 1. The molecule has 0 saturated carbocycles. The zero-order valence-electron chi connectivity index (χ0n) is 6.14. The van der Waals surface area contributed by atoms with Crippen LogP contribution < -0.4 is 0 Å². The van der Waals surface area contributed by atoms with E-state index in [1.54, 1.807) is 0 Å². The predicted octanol–water partition coefficient (Wildman–Crippen LogP) is 1.24. The number of rotatable bonds is 2. The van der Waals surface area contributed by atoms with Crippen molar-refractivity contribution < 1.29 is 4.79 Å². The highest BCUT2D eigenvalue weighted by Gasteiger charge is 2.28. The molecule has 0 aromatic carbocycles. The van der Waals surface area contributed by atoms with Gasteiger partial charge in [0.25, 0.3) is 0 Å². The second-order valence-electron chi connectivity index (χ2n) is 2.53. The van der Waals surface area contributed by atoms with Gasteiger partial charge in [0.05, 0.1) is 0 Å². The van der Waals surface area contributed by atoms with Crippen molar-refractivity contribution in [3.8, 4) is 0 Å². The van der Waals surface area contributed by atoms with Gasteiger partial charge in [-0.1, -0.05) is 0 Å². The van der Waals surface area contributed by atoms with Crippen LogP contribution in [0.15, 0.2) is 0 Å². The van der Waals surface area contributed by atoms with Crippen molar-refractivity contribution in [3.05, 3.63) is 0 Å². The number of halogens is 1. The molecular formula is C7H12ClNO. The van der Waals surface area contributed by atoms with Crippen molar-refractivity contribution in [2.45, 2.75) is 25.8 Å². The van der Waals surface area contributed by atoms with E-state index in [2.05, 4.69) is 0 Å². The summed E-state index contributed by atoms with van der Waals surface area (Å²) in [4.78, 5) is 12.9. The molecule has 1 atom stereocenters. The molecule has 1 heterocycles. The number of carbonyl (C=O) groups excluding carboxylic acids is 1. The molecule has 0 spiro atoms. The van der Waals surface area contributed by atoms with E-state index in [1.807, 2.05) is 11.8 Å². The predicted molar refractivity (Wildman–Crippen MR) is 41.1 cm³/mol. The van der Waals surface area contributed by atoms with Crippen LogP contribution in [0.2, 0.25) is 0 Å². The summed E-state index contributed by atoms with van der Waals surface area (Å²) >= 11 is 5.65. The van der Waals surface area contributed by atoms with Crippen molar-refractivity contribution in [1.29, 1.82) is 0 Å². The van der Waals surface area contributed by atoms with Gasteiger partial charge < -0.3 is 4.90 Å². The maximum Gasteiger partial charge on any atom is 0.222 e. The first-order chi connectivity index (χ1) is 4.79. The molecule has 1 unspecified atom stereocenters. The Morgan fingerprint density at radius 2 is 2.50 bits per heavy atom. The number of amides is 1. The van der Waals surface area contributed by atoms with E-state index < -0.39 is 0 Å². The maximum absolute atomic E-state index is 11.0. The minimum absolute atomic E-state index is 0.258. The molecule has 1 amide bonds. The largest absolute Gasteiger partial charge is 0.339 e. The van der Waals surface area contributed by atoms with Crippen LogP contribution >= 0.6 is 11.6 Å². The highest BCUT2D eigenvalue weighted by Crippen LogP contribution is 2.18. The highest BCUT2D eigenvalue weighted by atomic mass is 35.5. The van der Waals surface area contributed by atoms with Crippen molar-refractivity contribution in [2.24, 2.45) is 0 Å². The number of likely N-dealkylation sites (tertiary alicyclic amines) is 1. The van der Waals surface area contributed by atoms with E-state index in [1.165, 1.54) is 0 Å². The molecule has 1 aliphatic rings. The molecule has 0 aromatic rings. The Labute approximate surface area is 66.1 Å². The normalized spacial score (nSPS) is 26.0. The van der Waals surface area contributed by atoms with Crippen molar-refractivity contribution in [1.82, 2.24) is 4.90 Å². The highest BCUT2D eigenvalue weighted by molar-refractivity contribution is 6.18. The fraction of sp³-hybridized carbons (Fsp3) is 0.857. The summed E-state index contributed by atoms with van der Waals surface area (Å²) in [7, 11) is 0. The van der Waals surface area contributed by atoms with Gasteiger partial charge in [0.15, 0.2) is 0 Å². The molecule has 0 aromatic heterocycles. The average molecular weight is 162 g/mol. The lowest BCUT2D eigenvalue weighted by atomic mass is 10.2. The average Bonchev–Trinajstić information content (AvgIpc) is 2.30. The van der Waals surface area contributed by atoms with Gasteiger partial charge in [-0.15, -0.1) is 11.6 Å². The SMILES string of the molecule is CCN1C(=O)CCC1CCl. The summed E-state index contributed by atoms with van der Waals surface area (Å²) in [6.45, 7) is 2.79. The first-order valence-electron chi connectivity index (χ1n) is 3.65. The van der Waals surface area contributed by atoms with Crippen molar-refractivity contribution in [2.75, 3.05) is 12.4 Å². The fourth-order valence-electron chi connectivity index (χ4n) is 1.39. The minimum Gasteiger partial charge on any atom is -0.339 e. The van der Waals surface area contributed by atoms with Crippen LogP contribution in [-0.2, 0) is 4.79 Å². The Bertz CT molecular complexity index is 138. The van der Waals surface area contributed by atoms with Gasteiger partial charge in [0, 0.05) is 24.9 Å². The van der Waals surface area contributed by atoms with Crippen LogP contribution in [0, 0.1) is 0 Å². The Morgan fingerprint density at radius 3 is 2.90 bits per heavy atom. The first kappa shape index (κ1) is 7.86. The summed E-state index contributed by atoms with van der Waals surface area (Å²) < 4.78 is 0. The summed E-state index contributed by atoms with van der Waals surface area (Å²) in [5, 5.41) is 0. The standard InChI is InChI=1S/C7H12ClNO/c1-2-9-6(5-8)3-4-7(9)10/h6H,2-5H2,1H3. The topological polar surface area (TPSA) is 20.3 Å². The minimum atomic E-state index is 0.258. The molecule has 1 saturated heterocycles. The molecular weight excluding hydrogens is 150 g/mol. The van der Waals surface area contributed by atoms with Crippen LogP contribution in [0.25, 0.3) is 0 Å². The van der Waals surface area contributed by atoms with E-state index in [0.717, 1.165) is 13.0 Å². The van der Waals surface area contributed by atoms with Crippen LogP contribution in [0.1, 0.15) is 19.8 Å². The lowest BCUT2D eigenvalue weighted by Gasteiger charge is -2.20. The lowest BCUT2D eigenvalue weighted by molar-refractivity contribution is -0.128. The van der Waals surface area contributed by atoms with E-state index >= 15 is 0 Å². The van der Waals surface area contributed by atoms with Crippen molar-refractivity contribution >= 4 is 17.5 Å². The molecule has 10 heavy (non-hydrogen) atoms. The molecule has 0 bridgehead atoms. The summed E-state index contributed by atoms with van der Waals surface area (Å²) in [5.41, 5.74) is 0. The van der Waals surface area contributed by atoms with Crippen LogP contribution in [-0.4, -0.2) is 29.3 Å². The molecule has 0 N–H and O–H groups in total. The van der Waals surface area contributed by atoms with Crippen LogP contribution in [0.4, 0.5) is 0 Å². The van der Waals surface area contributed by atoms with Crippen LogP contribution in [0.5, 0.6) is 0 Å². The summed E-state index contributed by atoms with van der Waals surface area (Å²) in [5.74, 6) is 0.840. The van der Waals surface area contributed by atoms with Gasteiger partial charge in [0.1, 0.15) is 0 Å². The molecule has 1 rings (SSSR count). The second kappa shape index (κ2) is 3.24. The zero-order valence-corrected chi connectivity index (χ0v) is 6.90. The number of hydrogen-bond acceptors (Lipinski definition) is 1. The summed E-state index contributed by atoms with van der Waals surface area (Å²) in [6.07, 6.45) is 1.63. The Morgan fingerprint density at radius 1 is 1.80 bits per heavy atom.